The summed E-state index contributed by atoms with van der Waals surface area (Å²) in [5.41, 5.74) is 0.405. The molecule has 7 heteroatoms. The molecular weight excluding hydrogens is 260 g/mol. The van der Waals surface area contributed by atoms with Crippen molar-refractivity contribution in [1.29, 1.82) is 0 Å². The molecule has 0 radical (unpaired) electrons. The summed E-state index contributed by atoms with van der Waals surface area (Å²) in [6.07, 6.45) is 3.10. The first kappa shape index (κ1) is 14.1. The third kappa shape index (κ3) is 2.98. The van der Waals surface area contributed by atoms with E-state index in [9.17, 15) is 14.4 Å². The summed E-state index contributed by atoms with van der Waals surface area (Å²) in [7, 11) is 1.55. The van der Waals surface area contributed by atoms with Gasteiger partial charge < -0.3 is 20.5 Å². The molecule has 1 unspecified atom stereocenters. The summed E-state index contributed by atoms with van der Waals surface area (Å²) < 4.78 is 0. The molecule has 0 aromatic carbocycles. The fourth-order valence-electron chi connectivity index (χ4n) is 2.33. The van der Waals surface area contributed by atoms with Gasteiger partial charge in [-0.25, -0.2) is 0 Å². The van der Waals surface area contributed by atoms with Crippen molar-refractivity contribution in [2.24, 2.45) is 0 Å². The van der Waals surface area contributed by atoms with Crippen molar-refractivity contribution in [3.05, 3.63) is 24.0 Å². The molecule has 20 heavy (non-hydrogen) atoms. The van der Waals surface area contributed by atoms with Gasteiger partial charge in [-0.3, -0.25) is 14.4 Å². The van der Waals surface area contributed by atoms with Crippen LogP contribution in [0.3, 0.4) is 0 Å². The Labute approximate surface area is 116 Å². The second-order valence-corrected chi connectivity index (χ2v) is 4.63. The van der Waals surface area contributed by atoms with Crippen molar-refractivity contribution in [3.63, 3.8) is 0 Å². The van der Waals surface area contributed by atoms with E-state index in [0.29, 0.717) is 18.7 Å². The molecule has 7 nitrogen and oxygen atoms in total. The molecule has 0 saturated carbocycles. The number of carbonyl (C=O) groups excluding carboxylic acids is 3. The lowest BCUT2D eigenvalue weighted by Crippen LogP contribution is -2.48. The highest BCUT2D eigenvalue weighted by atomic mass is 16.2. The van der Waals surface area contributed by atoms with E-state index in [4.69, 9.17) is 0 Å². The van der Waals surface area contributed by atoms with Crippen LogP contribution in [0.25, 0.3) is 0 Å². The molecule has 2 heterocycles. The number of nitrogens with zero attached hydrogens (tertiary/aromatic N) is 1. The maximum atomic E-state index is 12.1. The van der Waals surface area contributed by atoms with E-state index in [1.807, 2.05) is 0 Å². The van der Waals surface area contributed by atoms with Crippen LogP contribution in [0.4, 0.5) is 0 Å². The first-order chi connectivity index (χ1) is 9.63. The lowest BCUT2D eigenvalue weighted by molar-refractivity contribution is -0.137. The predicted molar refractivity (Wildman–Crippen MR) is 71.9 cm³/mol. The number of amides is 3. The van der Waals surface area contributed by atoms with E-state index >= 15 is 0 Å². The van der Waals surface area contributed by atoms with Gasteiger partial charge in [-0.15, -0.1) is 0 Å². The number of hydrogen-bond acceptors (Lipinski definition) is 3. The van der Waals surface area contributed by atoms with Gasteiger partial charge in [-0.2, -0.15) is 0 Å². The summed E-state index contributed by atoms with van der Waals surface area (Å²) in [5.74, 6) is -0.735. The van der Waals surface area contributed by atoms with Gasteiger partial charge in [-0.1, -0.05) is 0 Å². The molecule has 1 aliphatic rings. The average molecular weight is 278 g/mol. The molecule has 1 aromatic heterocycles. The molecular formula is C13H18N4O3. The second kappa shape index (κ2) is 6.23. The average Bonchev–Trinajstić information content (AvgIpc) is 3.13. The summed E-state index contributed by atoms with van der Waals surface area (Å²) in [4.78, 5) is 39.7. The number of nitrogens with one attached hydrogen (secondary N) is 3. The van der Waals surface area contributed by atoms with E-state index in [0.717, 1.165) is 6.42 Å². The van der Waals surface area contributed by atoms with Gasteiger partial charge in [0.2, 0.25) is 11.8 Å². The fourth-order valence-corrected chi connectivity index (χ4v) is 2.33. The monoisotopic (exact) mass is 278 g/mol. The third-order valence-corrected chi connectivity index (χ3v) is 3.36. The van der Waals surface area contributed by atoms with Crippen LogP contribution < -0.4 is 10.6 Å². The Balaban J connectivity index is 1.88. The van der Waals surface area contributed by atoms with E-state index in [1.54, 1.807) is 25.4 Å². The van der Waals surface area contributed by atoms with E-state index in [1.165, 1.54) is 4.90 Å². The lowest BCUT2D eigenvalue weighted by Gasteiger charge is -2.23. The molecule has 1 aliphatic heterocycles. The third-order valence-electron chi connectivity index (χ3n) is 3.36. The highest BCUT2D eigenvalue weighted by molar-refractivity contribution is 5.96. The van der Waals surface area contributed by atoms with Crippen LogP contribution in [0.15, 0.2) is 18.3 Å². The van der Waals surface area contributed by atoms with Crippen molar-refractivity contribution in [2.75, 3.05) is 20.1 Å². The number of likely N-dealkylation sites (tertiary alicyclic amines) is 1. The summed E-state index contributed by atoms with van der Waals surface area (Å²) in [6, 6.07) is 2.91. The molecule has 3 N–H and O–H groups in total. The molecule has 1 fully saturated rings. The smallest absolute Gasteiger partial charge is 0.268 e. The first-order valence-electron chi connectivity index (χ1n) is 6.56. The van der Waals surface area contributed by atoms with Crippen LogP contribution in [0, 0.1) is 0 Å². The summed E-state index contributed by atoms with van der Waals surface area (Å²) in [5, 5.41) is 5.10. The normalized spacial score (nSPS) is 17.9. The van der Waals surface area contributed by atoms with Crippen molar-refractivity contribution >= 4 is 17.7 Å². The zero-order valence-electron chi connectivity index (χ0n) is 11.3. The first-order valence-corrected chi connectivity index (χ1v) is 6.56. The Bertz CT molecular complexity index is 498. The van der Waals surface area contributed by atoms with Gasteiger partial charge in [0.25, 0.3) is 5.91 Å². The maximum Gasteiger partial charge on any atom is 0.268 e. The molecule has 0 aliphatic carbocycles. The number of aromatic nitrogens is 1. The van der Waals surface area contributed by atoms with Gasteiger partial charge in [0.1, 0.15) is 11.7 Å². The second-order valence-electron chi connectivity index (χ2n) is 4.63. The van der Waals surface area contributed by atoms with Gasteiger partial charge in [0, 0.05) is 19.8 Å². The van der Waals surface area contributed by atoms with Gasteiger partial charge >= 0.3 is 0 Å². The molecule has 1 saturated heterocycles. The molecule has 0 bridgehead atoms. The number of aromatic amines is 1. The van der Waals surface area contributed by atoms with E-state index in [-0.39, 0.29) is 24.3 Å². The maximum absolute atomic E-state index is 12.1. The number of carbonyl (C=O) groups is 3. The Morgan fingerprint density at radius 1 is 1.45 bits per heavy atom. The highest BCUT2D eigenvalue weighted by Crippen LogP contribution is 2.17. The minimum Gasteiger partial charge on any atom is -0.357 e. The highest BCUT2D eigenvalue weighted by Gasteiger charge is 2.33. The lowest BCUT2D eigenvalue weighted by atomic mass is 10.2. The SMILES string of the molecule is CNC(=O)C1CCCN1C(=O)CNC(=O)c1ccc[nH]1. The van der Waals surface area contributed by atoms with Crippen LogP contribution in [0.1, 0.15) is 23.3 Å². The Morgan fingerprint density at radius 2 is 2.25 bits per heavy atom. The quantitative estimate of drug-likeness (QED) is 0.692. The predicted octanol–water partition coefficient (Wildman–Crippen LogP) is -0.518. The standard InChI is InChI=1S/C13H18N4O3/c1-14-13(20)10-5-3-7-17(10)11(18)8-16-12(19)9-4-2-6-15-9/h2,4,6,10,15H,3,5,7-8H2,1H3,(H,14,20)(H,16,19). The summed E-state index contributed by atoms with van der Waals surface area (Å²) >= 11 is 0. The van der Waals surface area contributed by atoms with Crippen LogP contribution >= 0.6 is 0 Å². The largest absolute Gasteiger partial charge is 0.357 e. The zero-order chi connectivity index (χ0) is 14.5. The van der Waals surface area contributed by atoms with Gasteiger partial charge in [0.05, 0.1) is 6.54 Å². The number of rotatable bonds is 4. The molecule has 1 aromatic rings. The molecule has 1 atom stereocenters. The Morgan fingerprint density at radius 3 is 2.90 bits per heavy atom. The minimum atomic E-state index is -0.421. The van der Waals surface area contributed by atoms with E-state index in [2.05, 4.69) is 15.6 Å². The van der Waals surface area contributed by atoms with Crippen molar-refractivity contribution < 1.29 is 14.4 Å². The zero-order valence-corrected chi connectivity index (χ0v) is 11.3. The topological polar surface area (TPSA) is 94.3 Å². The van der Waals surface area contributed by atoms with Gasteiger partial charge in [-0.05, 0) is 25.0 Å². The number of H-pyrrole nitrogens is 1. The van der Waals surface area contributed by atoms with Crippen molar-refractivity contribution in [3.8, 4) is 0 Å². The van der Waals surface area contributed by atoms with Crippen LogP contribution in [0.5, 0.6) is 0 Å². The van der Waals surface area contributed by atoms with Crippen LogP contribution in [0.2, 0.25) is 0 Å². The van der Waals surface area contributed by atoms with Crippen molar-refractivity contribution in [2.45, 2.75) is 18.9 Å². The van der Waals surface area contributed by atoms with Crippen LogP contribution in [-0.2, 0) is 9.59 Å². The Kier molecular flexibility index (Phi) is 4.39. The van der Waals surface area contributed by atoms with Gasteiger partial charge in [0.15, 0.2) is 0 Å². The molecule has 3 amide bonds. The number of hydrogen-bond donors (Lipinski definition) is 3. The van der Waals surface area contributed by atoms with Crippen LogP contribution in [-0.4, -0.2) is 53.8 Å². The number of likely N-dealkylation sites (N-methyl/N-ethyl adjacent to an activating group) is 1. The van der Waals surface area contributed by atoms with Crippen molar-refractivity contribution in [1.82, 2.24) is 20.5 Å². The summed E-state index contributed by atoms with van der Waals surface area (Å²) in [6.45, 7) is 0.445. The molecule has 0 spiro atoms. The fraction of sp³-hybridized carbons (Fsp3) is 0.462. The Hall–Kier alpha value is -2.31. The minimum absolute atomic E-state index is 0.106. The molecule has 2 rings (SSSR count). The van der Waals surface area contributed by atoms with E-state index < -0.39 is 6.04 Å². The molecule has 108 valence electrons.